The fraction of sp³-hybridized carbons (Fsp3) is 0.333. The molecule has 1 aromatic rings. The SMILES string of the molecule is CC(O)C[As](=O)(O)c1ccccc1Cl. The first kappa shape index (κ1) is 11.9. The van der Waals surface area contributed by atoms with Crippen molar-refractivity contribution in [1.29, 1.82) is 0 Å². The molecule has 2 N–H and O–H groups in total. The van der Waals surface area contributed by atoms with Crippen LogP contribution in [0, 0.1) is 0 Å². The Balaban J connectivity index is 3.04. The molecular weight excluding hydrogens is 266 g/mol. The molecule has 0 amide bonds. The first-order valence-corrected chi connectivity index (χ1v) is 8.43. The van der Waals surface area contributed by atoms with Crippen LogP contribution in [0.3, 0.4) is 0 Å². The monoisotopic (exact) mass is 278 g/mol. The van der Waals surface area contributed by atoms with Crippen molar-refractivity contribution in [2.24, 2.45) is 0 Å². The Labute approximate surface area is 90.4 Å². The van der Waals surface area contributed by atoms with Crippen LogP contribution in [-0.4, -0.2) is 29.1 Å². The molecule has 0 radical (unpaired) electrons. The van der Waals surface area contributed by atoms with Gasteiger partial charge in [0.05, 0.1) is 0 Å². The van der Waals surface area contributed by atoms with E-state index in [2.05, 4.69) is 0 Å². The first-order valence-electron chi connectivity index (χ1n) is 4.18. The zero-order chi connectivity index (χ0) is 10.8. The van der Waals surface area contributed by atoms with E-state index in [1.54, 1.807) is 18.2 Å². The van der Waals surface area contributed by atoms with Crippen molar-refractivity contribution in [3.8, 4) is 0 Å². The van der Waals surface area contributed by atoms with Crippen molar-refractivity contribution in [2.75, 3.05) is 0 Å². The van der Waals surface area contributed by atoms with Gasteiger partial charge < -0.3 is 0 Å². The van der Waals surface area contributed by atoms with E-state index in [1.165, 1.54) is 13.0 Å². The van der Waals surface area contributed by atoms with Crippen molar-refractivity contribution < 1.29 is 12.9 Å². The average Bonchev–Trinajstić information content (AvgIpc) is 2.02. The molecule has 0 aliphatic carbocycles. The second-order valence-electron chi connectivity index (χ2n) is 3.18. The summed E-state index contributed by atoms with van der Waals surface area (Å²) in [7, 11) is 0. The average molecular weight is 279 g/mol. The van der Waals surface area contributed by atoms with Gasteiger partial charge in [0.1, 0.15) is 0 Å². The zero-order valence-electron chi connectivity index (χ0n) is 7.72. The molecule has 14 heavy (non-hydrogen) atoms. The number of halogens is 1. The van der Waals surface area contributed by atoms with Crippen molar-refractivity contribution in [1.82, 2.24) is 0 Å². The Hall–Kier alpha value is -0.212. The van der Waals surface area contributed by atoms with Crippen LogP contribution < -0.4 is 4.35 Å². The molecule has 78 valence electrons. The van der Waals surface area contributed by atoms with Gasteiger partial charge in [0, 0.05) is 0 Å². The maximum atomic E-state index is 11.8. The molecule has 0 saturated carbocycles. The van der Waals surface area contributed by atoms with E-state index in [0.717, 1.165) is 0 Å². The summed E-state index contributed by atoms with van der Waals surface area (Å²) in [6.07, 6.45) is -0.790. The molecule has 3 nitrogen and oxygen atoms in total. The molecule has 2 unspecified atom stereocenters. The van der Waals surface area contributed by atoms with Crippen LogP contribution in [0.15, 0.2) is 24.3 Å². The molecule has 0 bridgehead atoms. The number of hydrogen-bond acceptors (Lipinski definition) is 2. The van der Waals surface area contributed by atoms with Gasteiger partial charge in [-0.3, -0.25) is 0 Å². The summed E-state index contributed by atoms with van der Waals surface area (Å²) >= 11 is 1.62. The van der Waals surface area contributed by atoms with E-state index in [-0.39, 0.29) is 14.6 Å². The standard InChI is InChI=1S/C9H12AsClO3/c1-7(12)6-10(13,14)8-4-2-3-5-9(8)11/h2-5,7,12H,6H2,1H3,(H,13,14). The van der Waals surface area contributed by atoms with Crippen LogP contribution >= 0.6 is 11.6 Å². The fourth-order valence-corrected chi connectivity index (χ4v) is 5.46. The van der Waals surface area contributed by atoms with E-state index in [4.69, 9.17) is 16.7 Å². The Morgan fingerprint density at radius 1 is 1.50 bits per heavy atom. The Kier molecular flexibility index (Phi) is 3.85. The fourth-order valence-electron chi connectivity index (χ4n) is 1.19. The molecule has 0 aromatic heterocycles. The summed E-state index contributed by atoms with van der Waals surface area (Å²) in [6, 6.07) is 6.46. The summed E-state index contributed by atoms with van der Waals surface area (Å²) < 4.78 is 21.8. The van der Waals surface area contributed by atoms with Crippen LogP contribution in [0.25, 0.3) is 0 Å². The molecule has 0 aliphatic heterocycles. The van der Waals surface area contributed by atoms with E-state index in [1.807, 2.05) is 0 Å². The third-order valence-corrected chi connectivity index (χ3v) is 6.90. The Morgan fingerprint density at radius 2 is 2.07 bits per heavy atom. The van der Waals surface area contributed by atoms with E-state index < -0.39 is 19.9 Å². The third-order valence-electron chi connectivity index (χ3n) is 1.74. The van der Waals surface area contributed by atoms with Crippen molar-refractivity contribution in [3.05, 3.63) is 29.3 Å². The normalized spacial score (nSPS) is 17.4. The van der Waals surface area contributed by atoms with Gasteiger partial charge in [-0.1, -0.05) is 0 Å². The summed E-state index contributed by atoms with van der Waals surface area (Å²) in [5.74, 6) is 0. The van der Waals surface area contributed by atoms with Gasteiger partial charge in [-0.15, -0.1) is 0 Å². The first-order chi connectivity index (χ1) is 6.43. The summed E-state index contributed by atoms with van der Waals surface area (Å²) in [5, 5.41) is 9.26. The van der Waals surface area contributed by atoms with Crippen LogP contribution in [-0.2, 0) is 3.74 Å². The van der Waals surface area contributed by atoms with Gasteiger partial charge in [-0.2, -0.15) is 0 Å². The quantitative estimate of drug-likeness (QED) is 0.804. The van der Waals surface area contributed by atoms with Gasteiger partial charge in [0.15, 0.2) is 0 Å². The van der Waals surface area contributed by atoms with Crippen LogP contribution in [0.2, 0.25) is 10.2 Å². The van der Waals surface area contributed by atoms with E-state index in [9.17, 15) is 7.84 Å². The molecular formula is C9H12AsClO3. The molecule has 0 spiro atoms. The molecule has 2 atom stereocenters. The number of aliphatic hydroxyl groups excluding tert-OH is 1. The molecule has 0 heterocycles. The predicted octanol–water partition coefficient (Wildman–Crippen LogP) is 0.793. The minimum absolute atomic E-state index is 0.109. The summed E-state index contributed by atoms with van der Waals surface area (Å²) in [4.78, 5) is 0. The third kappa shape index (κ3) is 2.89. The minimum atomic E-state index is -4.17. The zero-order valence-corrected chi connectivity index (χ0v) is 10.4. The molecule has 0 aliphatic rings. The topological polar surface area (TPSA) is 57.5 Å². The summed E-state index contributed by atoms with van der Waals surface area (Å²) in [5.41, 5.74) is 0. The van der Waals surface area contributed by atoms with Gasteiger partial charge in [0.25, 0.3) is 0 Å². The van der Waals surface area contributed by atoms with Crippen LogP contribution in [0.5, 0.6) is 0 Å². The van der Waals surface area contributed by atoms with Crippen LogP contribution in [0.1, 0.15) is 6.92 Å². The van der Waals surface area contributed by atoms with Gasteiger partial charge in [-0.25, -0.2) is 0 Å². The van der Waals surface area contributed by atoms with Gasteiger partial charge in [0.2, 0.25) is 0 Å². The summed E-state index contributed by atoms with van der Waals surface area (Å²) in [6.45, 7) is 1.49. The Bertz CT molecular complexity index is 365. The second-order valence-corrected chi connectivity index (χ2v) is 8.31. The van der Waals surface area contributed by atoms with E-state index in [0.29, 0.717) is 0 Å². The number of hydrogen-bond donors (Lipinski definition) is 2. The van der Waals surface area contributed by atoms with Crippen molar-refractivity contribution in [3.63, 3.8) is 0 Å². The van der Waals surface area contributed by atoms with Crippen molar-refractivity contribution in [2.45, 2.75) is 18.2 Å². The number of rotatable bonds is 3. The van der Waals surface area contributed by atoms with Crippen LogP contribution in [0.4, 0.5) is 0 Å². The second kappa shape index (κ2) is 4.54. The predicted molar refractivity (Wildman–Crippen MR) is 56.2 cm³/mol. The molecule has 5 heteroatoms. The maximum absolute atomic E-state index is 11.8. The Morgan fingerprint density at radius 3 is 2.57 bits per heavy atom. The number of benzene rings is 1. The van der Waals surface area contributed by atoms with E-state index >= 15 is 0 Å². The molecule has 0 fully saturated rings. The van der Waals surface area contributed by atoms with Gasteiger partial charge in [-0.05, 0) is 0 Å². The van der Waals surface area contributed by atoms with Crippen molar-refractivity contribution >= 4 is 29.8 Å². The van der Waals surface area contributed by atoms with Gasteiger partial charge >= 0.3 is 90.2 Å². The molecule has 0 saturated heterocycles. The molecule has 1 rings (SSSR count). The molecule has 1 aromatic carbocycles. The number of aliphatic hydroxyl groups is 1.